The van der Waals surface area contributed by atoms with Crippen LogP contribution in [0, 0.1) is 0 Å². The molecule has 0 saturated carbocycles. The van der Waals surface area contributed by atoms with E-state index >= 15 is 0 Å². The van der Waals surface area contributed by atoms with Gasteiger partial charge in [-0.1, -0.05) is 26.8 Å². The number of hydrogen-bond acceptors (Lipinski definition) is 4. The second kappa shape index (κ2) is 4.00. The molecule has 0 aliphatic heterocycles. The van der Waals surface area contributed by atoms with E-state index in [0.29, 0.717) is 11.7 Å². The van der Waals surface area contributed by atoms with Crippen LogP contribution in [0.5, 0.6) is 0 Å². The molecule has 0 bridgehead atoms. The fourth-order valence-electron chi connectivity index (χ4n) is 1.48. The fraction of sp³-hybridized carbons (Fsp3) is 0.333. The van der Waals surface area contributed by atoms with E-state index < -0.39 is 5.97 Å². The highest BCUT2D eigenvalue weighted by Gasteiger charge is 2.29. The van der Waals surface area contributed by atoms with E-state index in [1.54, 1.807) is 0 Å². The maximum absolute atomic E-state index is 11.1. The number of thiophene rings is 1. The number of aromatic carboxylic acids is 1. The lowest BCUT2D eigenvalue weighted by molar-refractivity contribution is 0.0686. The van der Waals surface area contributed by atoms with E-state index in [9.17, 15) is 4.79 Å². The second-order valence-corrected chi connectivity index (χ2v) is 5.68. The van der Waals surface area contributed by atoms with Crippen LogP contribution in [-0.4, -0.2) is 16.1 Å². The third-order valence-corrected chi connectivity index (χ3v) is 3.10. The molecule has 0 spiro atoms. The minimum atomic E-state index is -1.05. The summed E-state index contributed by atoms with van der Waals surface area (Å²) in [6.07, 6.45) is 0. The van der Waals surface area contributed by atoms with Gasteiger partial charge in [-0.25, -0.2) is 9.78 Å². The zero-order valence-corrected chi connectivity index (χ0v) is 10.7. The number of aromatic nitrogens is 1. The van der Waals surface area contributed by atoms with Crippen LogP contribution in [0.1, 0.15) is 37.0 Å². The standard InChI is InChI=1S/C12H13NO3S/c1-12(2,3)9-8(11(14)15)13-10(16-9)7-5-4-6-17-7/h4-6H,1-3H3,(H,14,15). The van der Waals surface area contributed by atoms with Crippen LogP contribution < -0.4 is 0 Å². The molecule has 2 aromatic rings. The predicted octanol–water partition coefficient (Wildman–Crippen LogP) is 3.40. The van der Waals surface area contributed by atoms with Crippen molar-refractivity contribution in [2.24, 2.45) is 0 Å². The summed E-state index contributed by atoms with van der Waals surface area (Å²) < 4.78 is 5.60. The molecule has 0 fully saturated rings. The zero-order valence-electron chi connectivity index (χ0n) is 9.85. The Morgan fingerprint density at radius 1 is 1.47 bits per heavy atom. The van der Waals surface area contributed by atoms with Gasteiger partial charge >= 0.3 is 5.97 Å². The highest BCUT2D eigenvalue weighted by molar-refractivity contribution is 7.13. The molecule has 17 heavy (non-hydrogen) atoms. The van der Waals surface area contributed by atoms with Gasteiger partial charge in [0.25, 0.3) is 0 Å². The van der Waals surface area contributed by atoms with E-state index in [1.807, 2.05) is 38.3 Å². The molecule has 2 aromatic heterocycles. The van der Waals surface area contributed by atoms with Gasteiger partial charge in [0.15, 0.2) is 5.69 Å². The number of rotatable bonds is 2. The first-order valence-electron chi connectivity index (χ1n) is 5.18. The average molecular weight is 251 g/mol. The van der Waals surface area contributed by atoms with Gasteiger partial charge in [-0.3, -0.25) is 0 Å². The van der Waals surface area contributed by atoms with Crippen molar-refractivity contribution in [1.82, 2.24) is 4.98 Å². The number of carboxylic acids is 1. The van der Waals surface area contributed by atoms with E-state index in [-0.39, 0.29) is 11.1 Å². The Morgan fingerprint density at radius 3 is 2.59 bits per heavy atom. The summed E-state index contributed by atoms with van der Waals surface area (Å²) in [5.41, 5.74) is -0.378. The Balaban J connectivity index is 2.56. The Bertz CT molecular complexity index is 535. The van der Waals surface area contributed by atoms with Gasteiger partial charge < -0.3 is 9.52 Å². The third kappa shape index (κ3) is 2.24. The molecule has 5 heteroatoms. The van der Waals surface area contributed by atoms with Crippen LogP contribution in [0.2, 0.25) is 0 Å². The number of hydrogen-bond donors (Lipinski definition) is 1. The smallest absolute Gasteiger partial charge is 0.358 e. The predicted molar refractivity (Wildman–Crippen MR) is 65.5 cm³/mol. The average Bonchev–Trinajstić information content (AvgIpc) is 2.85. The Kier molecular flexibility index (Phi) is 2.79. The number of carbonyl (C=O) groups is 1. The lowest BCUT2D eigenvalue weighted by atomic mass is 9.92. The maximum atomic E-state index is 11.1. The minimum Gasteiger partial charge on any atom is -0.476 e. The van der Waals surface area contributed by atoms with Crippen LogP contribution in [0.3, 0.4) is 0 Å². The van der Waals surface area contributed by atoms with E-state index in [2.05, 4.69) is 4.98 Å². The van der Waals surface area contributed by atoms with Crippen LogP contribution in [-0.2, 0) is 5.41 Å². The Hall–Kier alpha value is -1.62. The van der Waals surface area contributed by atoms with Crippen molar-refractivity contribution in [3.8, 4) is 10.8 Å². The monoisotopic (exact) mass is 251 g/mol. The summed E-state index contributed by atoms with van der Waals surface area (Å²) in [5.74, 6) is -0.266. The first kappa shape index (κ1) is 11.9. The molecule has 0 atom stereocenters. The number of nitrogens with zero attached hydrogens (tertiary/aromatic N) is 1. The fourth-order valence-corrected chi connectivity index (χ4v) is 2.13. The molecule has 0 unspecified atom stereocenters. The van der Waals surface area contributed by atoms with E-state index in [0.717, 1.165) is 4.88 Å². The van der Waals surface area contributed by atoms with Crippen molar-refractivity contribution < 1.29 is 14.3 Å². The minimum absolute atomic E-state index is 0.000833. The van der Waals surface area contributed by atoms with Gasteiger partial charge in [0, 0.05) is 5.41 Å². The van der Waals surface area contributed by atoms with Gasteiger partial charge in [-0.15, -0.1) is 11.3 Å². The molecule has 2 heterocycles. The quantitative estimate of drug-likeness (QED) is 0.888. The third-order valence-electron chi connectivity index (χ3n) is 2.24. The lowest BCUT2D eigenvalue weighted by Gasteiger charge is -2.14. The molecule has 2 rings (SSSR count). The maximum Gasteiger partial charge on any atom is 0.358 e. The number of oxazole rings is 1. The summed E-state index contributed by atoms with van der Waals surface area (Å²) in [4.78, 5) is 16.0. The second-order valence-electron chi connectivity index (χ2n) is 4.73. The lowest BCUT2D eigenvalue weighted by Crippen LogP contribution is -2.15. The highest BCUT2D eigenvalue weighted by atomic mass is 32.1. The van der Waals surface area contributed by atoms with Crippen LogP contribution in [0.25, 0.3) is 10.8 Å². The molecular weight excluding hydrogens is 238 g/mol. The van der Waals surface area contributed by atoms with Crippen molar-refractivity contribution in [1.29, 1.82) is 0 Å². The first-order valence-corrected chi connectivity index (χ1v) is 6.06. The van der Waals surface area contributed by atoms with Crippen molar-refractivity contribution in [3.05, 3.63) is 29.0 Å². The molecule has 4 nitrogen and oxygen atoms in total. The molecule has 0 aliphatic rings. The molecule has 0 saturated heterocycles. The first-order chi connectivity index (χ1) is 7.89. The summed E-state index contributed by atoms with van der Waals surface area (Å²) in [5, 5.41) is 11.0. The van der Waals surface area contributed by atoms with Gasteiger partial charge in [0.05, 0.1) is 4.88 Å². The highest BCUT2D eigenvalue weighted by Crippen LogP contribution is 2.32. The van der Waals surface area contributed by atoms with Gasteiger partial charge in [-0.05, 0) is 11.4 Å². The van der Waals surface area contributed by atoms with Gasteiger partial charge in [0.1, 0.15) is 5.76 Å². The van der Waals surface area contributed by atoms with Crippen LogP contribution in [0.4, 0.5) is 0 Å². The van der Waals surface area contributed by atoms with E-state index in [4.69, 9.17) is 9.52 Å². The summed E-state index contributed by atoms with van der Waals surface area (Å²) >= 11 is 1.47. The Labute approximate surface area is 103 Å². The normalized spacial score (nSPS) is 11.7. The number of carboxylic acid groups (broad SMARTS) is 1. The van der Waals surface area contributed by atoms with Gasteiger partial charge in [0.2, 0.25) is 5.89 Å². The van der Waals surface area contributed by atoms with Crippen LogP contribution in [0.15, 0.2) is 21.9 Å². The summed E-state index contributed by atoms with van der Waals surface area (Å²) in [6.45, 7) is 5.70. The molecule has 0 amide bonds. The van der Waals surface area contributed by atoms with Crippen molar-refractivity contribution in [2.45, 2.75) is 26.2 Å². The molecule has 90 valence electrons. The summed E-state index contributed by atoms with van der Waals surface area (Å²) in [6, 6.07) is 3.73. The molecule has 1 N–H and O–H groups in total. The molecule has 0 aromatic carbocycles. The summed E-state index contributed by atoms with van der Waals surface area (Å²) in [7, 11) is 0. The van der Waals surface area contributed by atoms with Crippen molar-refractivity contribution >= 4 is 17.3 Å². The van der Waals surface area contributed by atoms with Gasteiger partial charge in [-0.2, -0.15) is 0 Å². The van der Waals surface area contributed by atoms with Crippen molar-refractivity contribution in [3.63, 3.8) is 0 Å². The SMILES string of the molecule is CC(C)(C)c1oc(-c2cccs2)nc1C(=O)O. The van der Waals surface area contributed by atoms with E-state index in [1.165, 1.54) is 11.3 Å². The molecule has 0 radical (unpaired) electrons. The molecular formula is C12H13NO3S. The Morgan fingerprint density at radius 2 is 2.18 bits per heavy atom. The molecule has 0 aliphatic carbocycles. The zero-order chi connectivity index (χ0) is 12.6. The largest absolute Gasteiger partial charge is 0.476 e. The van der Waals surface area contributed by atoms with Crippen molar-refractivity contribution in [2.75, 3.05) is 0 Å². The topological polar surface area (TPSA) is 63.3 Å². The van der Waals surface area contributed by atoms with Crippen LogP contribution >= 0.6 is 11.3 Å².